The van der Waals surface area contributed by atoms with Gasteiger partial charge in [0.25, 0.3) is 11.8 Å². The summed E-state index contributed by atoms with van der Waals surface area (Å²) >= 11 is 0. The van der Waals surface area contributed by atoms with Crippen LogP contribution in [0, 0.1) is 6.92 Å². The molecule has 0 aliphatic rings. The minimum atomic E-state index is -0.163. The highest BCUT2D eigenvalue weighted by molar-refractivity contribution is 6.00. The first kappa shape index (κ1) is 21.8. The lowest BCUT2D eigenvalue weighted by Crippen LogP contribution is -2.17. The standard InChI is InChI=1S/C24H24N6O3/c1-13-10-16(22(32)26-3)8-9-18(13)28-24-29-20-19(23(30-24)33-4)17(12-27-20)14-6-5-7-15(11-14)21(31)25-2/h5-12H,1-4H3,(H,25,31)(H,26,32)(H2,27,28,29,30). The van der Waals surface area contributed by atoms with E-state index in [2.05, 4.69) is 30.9 Å². The molecule has 0 bridgehead atoms. The number of nitrogens with zero attached hydrogens (tertiary/aromatic N) is 2. The number of aromatic nitrogens is 3. The van der Waals surface area contributed by atoms with Crippen molar-refractivity contribution in [2.75, 3.05) is 26.5 Å². The van der Waals surface area contributed by atoms with E-state index in [0.29, 0.717) is 34.0 Å². The number of nitrogens with one attached hydrogen (secondary N) is 4. The number of aryl methyl sites for hydroxylation is 1. The van der Waals surface area contributed by atoms with Gasteiger partial charge >= 0.3 is 0 Å². The number of methoxy groups -OCH3 is 1. The Hall–Kier alpha value is -4.40. The van der Waals surface area contributed by atoms with Crippen LogP contribution in [0.2, 0.25) is 0 Å². The van der Waals surface area contributed by atoms with Crippen LogP contribution in [0.4, 0.5) is 11.6 Å². The molecule has 0 aliphatic heterocycles. The molecular formula is C24H24N6O3. The summed E-state index contributed by atoms with van der Waals surface area (Å²) in [7, 11) is 4.74. The second-order valence-corrected chi connectivity index (χ2v) is 7.38. The molecule has 0 aliphatic carbocycles. The van der Waals surface area contributed by atoms with E-state index in [4.69, 9.17) is 4.74 Å². The second kappa shape index (κ2) is 8.99. The van der Waals surface area contributed by atoms with Crippen LogP contribution in [0.3, 0.4) is 0 Å². The van der Waals surface area contributed by atoms with Gasteiger partial charge in [-0.3, -0.25) is 9.59 Å². The molecular weight excluding hydrogens is 420 g/mol. The molecule has 33 heavy (non-hydrogen) atoms. The topological polar surface area (TPSA) is 121 Å². The van der Waals surface area contributed by atoms with E-state index in [9.17, 15) is 9.59 Å². The quantitative estimate of drug-likeness (QED) is 0.362. The Morgan fingerprint density at radius 1 is 0.970 bits per heavy atom. The van der Waals surface area contributed by atoms with Gasteiger partial charge < -0.3 is 25.7 Å². The lowest BCUT2D eigenvalue weighted by molar-refractivity contribution is 0.0955. The van der Waals surface area contributed by atoms with Crippen LogP contribution in [0.25, 0.3) is 22.2 Å². The van der Waals surface area contributed by atoms with Crippen molar-refractivity contribution < 1.29 is 14.3 Å². The van der Waals surface area contributed by atoms with Crippen molar-refractivity contribution in [3.05, 3.63) is 65.4 Å². The monoisotopic (exact) mass is 444 g/mol. The largest absolute Gasteiger partial charge is 0.480 e. The molecule has 0 atom stereocenters. The number of hydrogen-bond acceptors (Lipinski definition) is 6. The van der Waals surface area contributed by atoms with Crippen LogP contribution in [-0.4, -0.2) is 48.0 Å². The van der Waals surface area contributed by atoms with Gasteiger partial charge in [-0.15, -0.1) is 0 Å². The molecule has 0 spiro atoms. The number of rotatable bonds is 6. The number of anilines is 2. The highest BCUT2D eigenvalue weighted by Crippen LogP contribution is 2.35. The van der Waals surface area contributed by atoms with Gasteiger partial charge in [-0.05, 0) is 48.4 Å². The van der Waals surface area contributed by atoms with Crippen LogP contribution >= 0.6 is 0 Å². The van der Waals surface area contributed by atoms with Gasteiger partial charge in [-0.25, -0.2) is 0 Å². The summed E-state index contributed by atoms with van der Waals surface area (Å²) in [5.41, 5.74) is 5.02. The van der Waals surface area contributed by atoms with E-state index in [1.807, 2.05) is 37.4 Å². The summed E-state index contributed by atoms with van der Waals surface area (Å²) in [6.45, 7) is 1.90. The molecule has 9 nitrogen and oxygen atoms in total. The number of carbonyl (C=O) groups is 2. The molecule has 0 radical (unpaired) electrons. The van der Waals surface area contributed by atoms with Gasteiger partial charge in [0.15, 0.2) is 0 Å². The summed E-state index contributed by atoms with van der Waals surface area (Å²) in [6, 6.07) is 12.6. The van der Waals surface area contributed by atoms with Crippen molar-refractivity contribution in [1.29, 1.82) is 0 Å². The van der Waals surface area contributed by atoms with Crippen molar-refractivity contribution in [2.24, 2.45) is 0 Å². The Balaban J connectivity index is 1.72. The van der Waals surface area contributed by atoms with Crippen molar-refractivity contribution >= 4 is 34.5 Å². The average Bonchev–Trinajstić information content (AvgIpc) is 3.28. The molecule has 0 saturated carbocycles. The number of H-pyrrole nitrogens is 1. The van der Waals surface area contributed by atoms with Crippen molar-refractivity contribution in [1.82, 2.24) is 25.6 Å². The molecule has 2 heterocycles. The molecule has 168 valence electrons. The third kappa shape index (κ3) is 4.20. The smallest absolute Gasteiger partial charge is 0.251 e. The lowest BCUT2D eigenvalue weighted by atomic mass is 10.0. The number of carbonyl (C=O) groups excluding carboxylic acids is 2. The number of fused-ring (bicyclic) bond motifs is 1. The molecule has 4 aromatic rings. The Bertz CT molecular complexity index is 1360. The molecule has 2 aromatic carbocycles. The van der Waals surface area contributed by atoms with E-state index in [-0.39, 0.29) is 11.8 Å². The third-order valence-electron chi connectivity index (χ3n) is 5.32. The zero-order valence-corrected chi connectivity index (χ0v) is 18.7. The summed E-state index contributed by atoms with van der Waals surface area (Å²) in [5.74, 6) is 0.430. The summed E-state index contributed by atoms with van der Waals surface area (Å²) in [4.78, 5) is 36.2. The molecule has 9 heteroatoms. The SMILES string of the molecule is CNC(=O)c1cccc(-c2c[nH]c3nc(Nc4ccc(C(=O)NC)cc4C)nc(OC)c23)c1. The van der Waals surface area contributed by atoms with Gasteiger partial charge in [0.1, 0.15) is 5.65 Å². The first-order valence-electron chi connectivity index (χ1n) is 10.3. The Labute approximate surface area is 190 Å². The lowest BCUT2D eigenvalue weighted by Gasteiger charge is -2.11. The van der Waals surface area contributed by atoms with Crippen molar-refractivity contribution in [3.63, 3.8) is 0 Å². The zero-order chi connectivity index (χ0) is 23.5. The minimum Gasteiger partial charge on any atom is -0.480 e. The summed E-state index contributed by atoms with van der Waals surface area (Å²) < 4.78 is 5.58. The van der Waals surface area contributed by atoms with Crippen LogP contribution < -0.4 is 20.7 Å². The Morgan fingerprint density at radius 3 is 2.36 bits per heavy atom. The van der Waals surface area contributed by atoms with E-state index in [1.54, 1.807) is 39.4 Å². The first-order chi connectivity index (χ1) is 15.9. The van der Waals surface area contributed by atoms with Gasteiger partial charge in [0, 0.05) is 42.7 Å². The number of aromatic amines is 1. The highest BCUT2D eigenvalue weighted by Gasteiger charge is 2.17. The van der Waals surface area contributed by atoms with Crippen molar-refractivity contribution in [2.45, 2.75) is 6.92 Å². The van der Waals surface area contributed by atoms with Gasteiger partial charge in [-0.1, -0.05) is 12.1 Å². The van der Waals surface area contributed by atoms with Gasteiger partial charge in [0.2, 0.25) is 11.8 Å². The third-order valence-corrected chi connectivity index (χ3v) is 5.32. The Kier molecular flexibility index (Phi) is 5.95. The number of hydrogen-bond donors (Lipinski definition) is 4. The van der Waals surface area contributed by atoms with Crippen LogP contribution in [-0.2, 0) is 0 Å². The molecule has 0 unspecified atom stereocenters. The average molecular weight is 444 g/mol. The molecule has 0 saturated heterocycles. The van der Waals surface area contributed by atoms with E-state index in [1.165, 1.54) is 0 Å². The zero-order valence-electron chi connectivity index (χ0n) is 18.7. The van der Waals surface area contributed by atoms with E-state index >= 15 is 0 Å². The normalized spacial score (nSPS) is 10.7. The Morgan fingerprint density at radius 2 is 1.70 bits per heavy atom. The molecule has 0 fully saturated rings. The van der Waals surface area contributed by atoms with Gasteiger partial charge in [-0.2, -0.15) is 9.97 Å². The predicted octanol–water partition coefficient (Wildman–Crippen LogP) is 3.40. The van der Waals surface area contributed by atoms with E-state index in [0.717, 1.165) is 22.4 Å². The minimum absolute atomic E-state index is 0.150. The van der Waals surface area contributed by atoms with Crippen LogP contribution in [0.15, 0.2) is 48.7 Å². The summed E-state index contributed by atoms with van der Waals surface area (Å²) in [5, 5.41) is 9.16. The summed E-state index contributed by atoms with van der Waals surface area (Å²) in [6.07, 6.45) is 1.82. The number of benzene rings is 2. The molecule has 2 aromatic heterocycles. The van der Waals surface area contributed by atoms with E-state index < -0.39 is 0 Å². The number of ether oxygens (including phenoxy) is 1. The van der Waals surface area contributed by atoms with Gasteiger partial charge in [0.05, 0.1) is 12.5 Å². The maximum Gasteiger partial charge on any atom is 0.251 e. The molecule has 2 amide bonds. The highest BCUT2D eigenvalue weighted by atomic mass is 16.5. The number of amides is 2. The fourth-order valence-corrected chi connectivity index (χ4v) is 3.61. The van der Waals surface area contributed by atoms with Crippen LogP contribution in [0.5, 0.6) is 5.88 Å². The molecule has 4 rings (SSSR count). The van der Waals surface area contributed by atoms with Crippen LogP contribution in [0.1, 0.15) is 26.3 Å². The van der Waals surface area contributed by atoms with Crippen molar-refractivity contribution in [3.8, 4) is 17.0 Å². The predicted molar refractivity (Wildman–Crippen MR) is 127 cm³/mol. The first-order valence-corrected chi connectivity index (χ1v) is 10.3. The molecule has 4 N–H and O–H groups in total. The second-order valence-electron chi connectivity index (χ2n) is 7.38. The maximum atomic E-state index is 12.0. The fourth-order valence-electron chi connectivity index (χ4n) is 3.61. The fraction of sp³-hybridized carbons (Fsp3) is 0.167. The maximum absolute atomic E-state index is 12.0.